The van der Waals surface area contributed by atoms with Crippen LogP contribution in [0.3, 0.4) is 0 Å². The molecule has 1 unspecified atom stereocenters. The van der Waals surface area contributed by atoms with Gasteiger partial charge in [-0.25, -0.2) is 0 Å². The molecule has 18 heavy (non-hydrogen) atoms. The van der Waals surface area contributed by atoms with Gasteiger partial charge in [-0.3, -0.25) is 4.79 Å². The van der Waals surface area contributed by atoms with E-state index in [1.807, 2.05) is 37.3 Å². The molecule has 0 saturated carbocycles. The van der Waals surface area contributed by atoms with Crippen LogP contribution in [0, 0.1) is 0 Å². The van der Waals surface area contributed by atoms with Gasteiger partial charge in [0.2, 0.25) is 5.91 Å². The smallest absolute Gasteiger partial charge is 0.218 e. The number of nitrogens with two attached hydrogens (primary N) is 1. The minimum absolute atomic E-state index is 0.147. The standard InChI is InChI=1S/C15H17NO2/c1-10(7-15(16)17)11-3-4-13-9-14(18-2)6-5-12(13)8-11/h3-6,8-10H,7H2,1-2H3,(H2,16,17). The summed E-state index contributed by atoms with van der Waals surface area (Å²) in [6, 6.07) is 12.1. The number of amides is 1. The number of fused-ring (bicyclic) bond motifs is 1. The second kappa shape index (κ2) is 5.08. The van der Waals surface area contributed by atoms with Crippen LogP contribution in [0.25, 0.3) is 10.8 Å². The van der Waals surface area contributed by atoms with E-state index in [0.717, 1.165) is 22.1 Å². The van der Waals surface area contributed by atoms with E-state index in [0.29, 0.717) is 6.42 Å². The van der Waals surface area contributed by atoms with Crippen LogP contribution in [0.5, 0.6) is 5.75 Å². The van der Waals surface area contributed by atoms with Crippen molar-refractivity contribution < 1.29 is 9.53 Å². The van der Waals surface area contributed by atoms with Crippen LogP contribution >= 0.6 is 0 Å². The summed E-state index contributed by atoms with van der Waals surface area (Å²) in [5.41, 5.74) is 6.36. The number of carbonyl (C=O) groups excluding carboxylic acids is 1. The molecule has 0 saturated heterocycles. The normalized spacial score (nSPS) is 12.3. The Hall–Kier alpha value is -2.03. The van der Waals surface area contributed by atoms with Crippen LogP contribution < -0.4 is 10.5 Å². The van der Waals surface area contributed by atoms with E-state index in [-0.39, 0.29) is 11.8 Å². The molecule has 1 amide bonds. The average Bonchev–Trinajstić information content (AvgIpc) is 2.36. The van der Waals surface area contributed by atoms with Gasteiger partial charge in [0, 0.05) is 6.42 Å². The van der Waals surface area contributed by atoms with Gasteiger partial charge < -0.3 is 10.5 Å². The summed E-state index contributed by atoms with van der Waals surface area (Å²) in [7, 11) is 1.66. The molecular weight excluding hydrogens is 226 g/mol. The van der Waals surface area contributed by atoms with Gasteiger partial charge in [0.15, 0.2) is 0 Å². The summed E-state index contributed by atoms with van der Waals surface area (Å²) in [5.74, 6) is 0.728. The first kappa shape index (κ1) is 12.4. The number of hydrogen-bond donors (Lipinski definition) is 1. The third-order valence-corrected chi connectivity index (χ3v) is 3.15. The van der Waals surface area contributed by atoms with E-state index >= 15 is 0 Å². The van der Waals surface area contributed by atoms with Gasteiger partial charge in [0.05, 0.1) is 7.11 Å². The molecule has 0 radical (unpaired) electrons. The summed E-state index contributed by atoms with van der Waals surface area (Å²) < 4.78 is 5.19. The largest absolute Gasteiger partial charge is 0.497 e. The molecule has 94 valence electrons. The van der Waals surface area contributed by atoms with E-state index in [9.17, 15) is 4.79 Å². The fourth-order valence-electron chi connectivity index (χ4n) is 2.10. The highest BCUT2D eigenvalue weighted by molar-refractivity contribution is 5.85. The molecule has 2 aromatic rings. The molecule has 1 atom stereocenters. The Morgan fingerprint density at radius 1 is 1.22 bits per heavy atom. The number of hydrogen-bond acceptors (Lipinski definition) is 2. The maximum absolute atomic E-state index is 10.9. The monoisotopic (exact) mass is 243 g/mol. The number of rotatable bonds is 4. The molecule has 3 nitrogen and oxygen atoms in total. The van der Waals surface area contributed by atoms with Crippen molar-refractivity contribution in [2.24, 2.45) is 5.73 Å². The molecule has 2 rings (SSSR count). The summed E-state index contributed by atoms with van der Waals surface area (Å²) in [6.07, 6.45) is 0.377. The first-order chi connectivity index (χ1) is 8.60. The molecular formula is C15H17NO2. The summed E-state index contributed by atoms with van der Waals surface area (Å²) in [6.45, 7) is 2.01. The summed E-state index contributed by atoms with van der Waals surface area (Å²) >= 11 is 0. The lowest BCUT2D eigenvalue weighted by atomic mass is 9.95. The summed E-state index contributed by atoms with van der Waals surface area (Å²) in [5, 5.41) is 2.27. The lowest BCUT2D eigenvalue weighted by Crippen LogP contribution is -2.13. The molecule has 3 heteroatoms. The fraction of sp³-hybridized carbons (Fsp3) is 0.267. The Morgan fingerprint density at radius 3 is 2.56 bits per heavy atom. The van der Waals surface area contributed by atoms with Gasteiger partial charge in [-0.1, -0.05) is 31.2 Å². The Kier molecular flexibility index (Phi) is 3.51. The quantitative estimate of drug-likeness (QED) is 0.897. The lowest BCUT2D eigenvalue weighted by molar-refractivity contribution is -0.118. The van der Waals surface area contributed by atoms with Gasteiger partial charge in [-0.15, -0.1) is 0 Å². The fourth-order valence-corrected chi connectivity index (χ4v) is 2.10. The number of primary amides is 1. The van der Waals surface area contributed by atoms with Crippen molar-refractivity contribution >= 4 is 16.7 Å². The van der Waals surface area contributed by atoms with Gasteiger partial charge in [0.25, 0.3) is 0 Å². The van der Waals surface area contributed by atoms with Gasteiger partial charge in [-0.05, 0) is 34.4 Å². The van der Waals surface area contributed by atoms with E-state index in [1.165, 1.54) is 0 Å². The zero-order valence-electron chi connectivity index (χ0n) is 10.6. The van der Waals surface area contributed by atoms with Gasteiger partial charge in [0.1, 0.15) is 5.75 Å². The lowest BCUT2D eigenvalue weighted by Gasteiger charge is -2.11. The average molecular weight is 243 g/mol. The van der Waals surface area contributed by atoms with Crippen LogP contribution in [0.2, 0.25) is 0 Å². The van der Waals surface area contributed by atoms with Crippen molar-refractivity contribution in [2.45, 2.75) is 19.3 Å². The van der Waals surface area contributed by atoms with Crippen LogP contribution in [-0.4, -0.2) is 13.0 Å². The number of ether oxygens (including phenoxy) is 1. The van der Waals surface area contributed by atoms with Gasteiger partial charge >= 0.3 is 0 Å². The maximum atomic E-state index is 10.9. The van der Waals surface area contributed by atoms with Gasteiger partial charge in [-0.2, -0.15) is 0 Å². The highest BCUT2D eigenvalue weighted by Crippen LogP contribution is 2.26. The molecule has 2 aromatic carbocycles. The Labute approximate surface area is 107 Å². The van der Waals surface area contributed by atoms with Crippen LogP contribution in [0.1, 0.15) is 24.8 Å². The zero-order chi connectivity index (χ0) is 13.1. The number of benzene rings is 2. The second-order valence-corrected chi connectivity index (χ2v) is 4.54. The second-order valence-electron chi connectivity index (χ2n) is 4.54. The molecule has 0 fully saturated rings. The van der Waals surface area contributed by atoms with Crippen LogP contribution in [0.4, 0.5) is 0 Å². The van der Waals surface area contributed by atoms with Crippen molar-refractivity contribution in [3.8, 4) is 5.75 Å². The SMILES string of the molecule is COc1ccc2cc(C(C)CC(N)=O)ccc2c1. The first-order valence-electron chi connectivity index (χ1n) is 5.96. The highest BCUT2D eigenvalue weighted by Gasteiger charge is 2.09. The Balaban J connectivity index is 2.35. The molecule has 0 spiro atoms. The molecule has 0 heterocycles. The van der Waals surface area contributed by atoms with E-state index in [1.54, 1.807) is 7.11 Å². The van der Waals surface area contributed by atoms with E-state index in [2.05, 4.69) is 6.07 Å². The molecule has 2 N–H and O–H groups in total. The van der Waals surface area contributed by atoms with E-state index in [4.69, 9.17) is 10.5 Å². The van der Waals surface area contributed by atoms with Crippen molar-refractivity contribution in [1.82, 2.24) is 0 Å². The maximum Gasteiger partial charge on any atom is 0.218 e. The summed E-state index contributed by atoms with van der Waals surface area (Å²) in [4.78, 5) is 10.9. The van der Waals surface area contributed by atoms with Crippen LogP contribution in [-0.2, 0) is 4.79 Å². The predicted octanol–water partition coefficient (Wildman–Crippen LogP) is 2.83. The molecule has 0 aliphatic heterocycles. The minimum atomic E-state index is -0.266. The number of methoxy groups -OCH3 is 1. The van der Waals surface area contributed by atoms with Crippen LogP contribution in [0.15, 0.2) is 36.4 Å². The Bertz CT molecular complexity index is 578. The third-order valence-electron chi connectivity index (χ3n) is 3.15. The minimum Gasteiger partial charge on any atom is -0.497 e. The molecule has 0 aliphatic rings. The Morgan fingerprint density at radius 2 is 1.89 bits per heavy atom. The van der Waals surface area contributed by atoms with Crippen molar-refractivity contribution in [3.63, 3.8) is 0 Å². The van der Waals surface area contributed by atoms with Crippen molar-refractivity contribution in [3.05, 3.63) is 42.0 Å². The molecule has 0 bridgehead atoms. The highest BCUT2D eigenvalue weighted by atomic mass is 16.5. The van der Waals surface area contributed by atoms with E-state index < -0.39 is 0 Å². The zero-order valence-corrected chi connectivity index (χ0v) is 10.6. The molecule has 0 aliphatic carbocycles. The van der Waals surface area contributed by atoms with Crippen molar-refractivity contribution in [2.75, 3.05) is 7.11 Å². The third kappa shape index (κ3) is 2.62. The van der Waals surface area contributed by atoms with Crippen molar-refractivity contribution in [1.29, 1.82) is 0 Å². The first-order valence-corrected chi connectivity index (χ1v) is 5.96. The molecule has 0 aromatic heterocycles. The topological polar surface area (TPSA) is 52.3 Å². The predicted molar refractivity (Wildman–Crippen MR) is 72.7 cm³/mol. The number of carbonyl (C=O) groups is 1.